The number of hydrogen-bond acceptors (Lipinski definition) is 3. The number of ketones is 1. The van der Waals surface area contributed by atoms with E-state index in [1.165, 1.54) is 0 Å². The summed E-state index contributed by atoms with van der Waals surface area (Å²) in [6.45, 7) is 3.79. The lowest BCUT2D eigenvalue weighted by Gasteiger charge is -2.10. The molecule has 0 heterocycles. The molecule has 1 aliphatic carbocycles. The van der Waals surface area contributed by atoms with Crippen molar-refractivity contribution in [3.05, 3.63) is 29.8 Å². The molecule has 110 valence electrons. The van der Waals surface area contributed by atoms with Crippen LogP contribution in [0, 0.1) is 11.8 Å². The van der Waals surface area contributed by atoms with Gasteiger partial charge >= 0.3 is 0 Å². The summed E-state index contributed by atoms with van der Waals surface area (Å²) in [5, 5.41) is 0. The fourth-order valence-electron chi connectivity index (χ4n) is 2.28. The number of benzene rings is 1. The molecule has 1 atom stereocenters. The minimum atomic E-state index is -3.27. The first-order valence-electron chi connectivity index (χ1n) is 7.07. The summed E-state index contributed by atoms with van der Waals surface area (Å²) in [5.74, 6) is 0.852. The summed E-state index contributed by atoms with van der Waals surface area (Å²) in [7, 11) is -3.27. The second kappa shape index (κ2) is 5.95. The third-order valence-electron chi connectivity index (χ3n) is 3.66. The van der Waals surface area contributed by atoms with Gasteiger partial charge in [-0.3, -0.25) is 9.52 Å². The van der Waals surface area contributed by atoms with E-state index in [0.717, 1.165) is 12.8 Å². The van der Waals surface area contributed by atoms with E-state index in [9.17, 15) is 13.2 Å². The Hall–Kier alpha value is -1.36. The molecule has 0 radical (unpaired) electrons. The number of rotatable bonds is 7. The molecule has 0 aliphatic heterocycles. The molecule has 1 aromatic rings. The number of carbonyl (C=O) groups is 1. The Balaban J connectivity index is 2.04. The molecular weight excluding hydrogens is 274 g/mol. The fraction of sp³-hybridized carbons (Fsp3) is 0.533. The zero-order valence-electron chi connectivity index (χ0n) is 11.9. The second-order valence-corrected chi connectivity index (χ2v) is 7.33. The highest BCUT2D eigenvalue weighted by Crippen LogP contribution is 2.38. The van der Waals surface area contributed by atoms with Crippen LogP contribution in [0.25, 0.3) is 0 Å². The first kappa shape index (κ1) is 15.0. The molecule has 1 N–H and O–H groups in total. The molecule has 0 bridgehead atoms. The van der Waals surface area contributed by atoms with Crippen molar-refractivity contribution in [1.82, 2.24) is 0 Å². The van der Waals surface area contributed by atoms with Gasteiger partial charge in [-0.05, 0) is 49.4 Å². The van der Waals surface area contributed by atoms with Gasteiger partial charge in [-0.15, -0.1) is 0 Å². The van der Waals surface area contributed by atoms with E-state index in [0.29, 0.717) is 23.6 Å². The van der Waals surface area contributed by atoms with Crippen LogP contribution in [-0.2, 0) is 10.0 Å². The van der Waals surface area contributed by atoms with Gasteiger partial charge in [0.25, 0.3) is 0 Å². The molecule has 1 unspecified atom stereocenters. The third kappa shape index (κ3) is 3.82. The van der Waals surface area contributed by atoms with Crippen LogP contribution in [0.1, 0.15) is 43.5 Å². The number of carbonyl (C=O) groups excluding carboxylic acids is 1. The van der Waals surface area contributed by atoms with Crippen molar-refractivity contribution in [2.75, 3.05) is 10.5 Å². The highest BCUT2D eigenvalue weighted by atomic mass is 32.2. The van der Waals surface area contributed by atoms with Gasteiger partial charge in [-0.1, -0.05) is 13.8 Å². The van der Waals surface area contributed by atoms with Gasteiger partial charge in [0.2, 0.25) is 10.0 Å². The van der Waals surface area contributed by atoms with Crippen molar-refractivity contribution in [1.29, 1.82) is 0 Å². The van der Waals surface area contributed by atoms with Crippen molar-refractivity contribution >= 4 is 21.5 Å². The Morgan fingerprint density at radius 3 is 2.40 bits per heavy atom. The topological polar surface area (TPSA) is 63.2 Å². The molecule has 0 amide bonds. The number of hydrogen-bond donors (Lipinski definition) is 1. The monoisotopic (exact) mass is 295 g/mol. The van der Waals surface area contributed by atoms with Gasteiger partial charge in [-0.25, -0.2) is 8.42 Å². The molecule has 0 saturated heterocycles. The molecule has 5 heteroatoms. The Morgan fingerprint density at radius 1 is 1.30 bits per heavy atom. The zero-order valence-corrected chi connectivity index (χ0v) is 12.7. The van der Waals surface area contributed by atoms with Crippen LogP contribution in [0.4, 0.5) is 5.69 Å². The lowest BCUT2D eigenvalue weighted by atomic mass is 9.95. The Labute approximate surface area is 120 Å². The van der Waals surface area contributed by atoms with E-state index in [1.54, 1.807) is 24.3 Å². The fourth-order valence-corrected chi connectivity index (χ4v) is 3.41. The van der Waals surface area contributed by atoms with Crippen LogP contribution < -0.4 is 4.72 Å². The van der Waals surface area contributed by atoms with Crippen LogP contribution in [0.15, 0.2) is 24.3 Å². The summed E-state index contributed by atoms with van der Waals surface area (Å²) in [5.41, 5.74) is 1.16. The van der Waals surface area contributed by atoms with Crippen LogP contribution >= 0.6 is 0 Å². The zero-order chi connectivity index (χ0) is 14.8. The average molecular weight is 295 g/mol. The normalized spacial score (nSPS) is 16.7. The number of Topliss-reactive ketones (excluding diaryl/α,β-unsaturated/α-hetero) is 1. The Morgan fingerprint density at radius 2 is 1.90 bits per heavy atom. The number of anilines is 1. The van der Waals surface area contributed by atoms with Gasteiger partial charge in [0.05, 0.1) is 5.75 Å². The predicted octanol–water partition coefficient (Wildman–Crippen LogP) is 3.07. The van der Waals surface area contributed by atoms with Crippen molar-refractivity contribution in [2.45, 2.75) is 33.1 Å². The van der Waals surface area contributed by atoms with Gasteiger partial charge < -0.3 is 0 Å². The largest absolute Gasteiger partial charge is 0.294 e. The minimum absolute atomic E-state index is 0.0673. The minimum Gasteiger partial charge on any atom is -0.294 e. The molecular formula is C15H21NO3S. The molecule has 0 aromatic heterocycles. The summed E-state index contributed by atoms with van der Waals surface area (Å²) in [6, 6.07) is 6.70. The lowest BCUT2D eigenvalue weighted by Crippen LogP contribution is -2.16. The van der Waals surface area contributed by atoms with E-state index >= 15 is 0 Å². The summed E-state index contributed by atoms with van der Waals surface area (Å²) in [4.78, 5) is 12.2. The predicted molar refractivity (Wildman–Crippen MR) is 80.4 cm³/mol. The first-order chi connectivity index (χ1) is 9.43. The first-order valence-corrected chi connectivity index (χ1v) is 8.73. The summed E-state index contributed by atoms with van der Waals surface area (Å²) in [6.07, 6.45) is 2.86. The van der Waals surface area contributed by atoms with Gasteiger partial charge in [0, 0.05) is 17.2 Å². The summed E-state index contributed by atoms with van der Waals surface area (Å²) >= 11 is 0. The van der Waals surface area contributed by atoms with Crippen LogP contribution in [0.3, 0.4) is 0 Å². The molecule has 0 spiro atoms. The van der Waals surface area contributed by atoms with Crippen molar-refractivity contribution < 1.29 is 13.2 Å². The maximum Gasteiger partial charge on any atom is 0.232 e. The number of nitrogens with one attached hydrogen (secondary N) is 1. The van der Waals surface area contributed by atoms with Crippen LogP contribution in [-0.4, -0.2) is 20.0 Å². The molecule has 1 aliphatic rings. The van der Waals surface area contributed by atoms with Crippen LogP contribution in [0.5, 0.6) is 0 Å². The van der Waals surface area contributed by atoms with E-state index in [4.69, 9.17) is 0 Å². The summed E-state index contributed by atoms with van der Waals surface area (Å²) < 4.78 is 25.8. The second-order valence-electron chi connectivity index (χ2n) is 5.49. The molecule has 20 heavy (non-hydrogen) atoms. The van der Waals surface area contributed by atoms with E-state index in [2.05, 4.69) is 4.72 Å². The SMILES string of the molecule is CCCS(=O)(=O)Nc1ccc(C(=O)C(C)C2CC2)cc1. The van der Waals surface area contributed by atoms with E-state index < -0.39 is 10.0 Å². The highest BCUT2D eigenvalue weighted by molar-refractivity contribution is 7.92. The smallest absolute Gasteiger partial charge is 0.232 e. The van der Waals surface area contributed by atoms with Gasteiger partial charge in [0.1, 0.15) is 0 Å². The highest BCUT2D eigenvalue weighted by Gasteiger charge is 2.32. The molecule has 1 fully saturated rings. The molecule has 1 aromatic carbocycles. The van der Waals surface area contributed by atoms with Gasteiger partial charge in [0.15, 0.2) is 5.78 Å². The van der Waals surface area contributed by atoms with E-state index in [1.807, 2.05) is 13.8 Å². The quantitative estimate of drug-likeness (QED) is 0.786. The standard InChI is InChI=1S/C15H21NO3S/c1-3-10-20(18,19)16-14-8-6-13(7-9-14)15(17)11(2)12-4-5-12/h6-9,11-12,16H,3-5,10H2,1-2H3. The molecule has 2 rings (SSSR count). The maximum absolute atomic E-state index is 12.2. The molecule has 1 saturated carbocycles. The molecule has 4 nitrogen and oxygen atoms in total. The Bertz CT molecular complexity index is 574. The van der Waals surface area contributed by atoms with Crippen molar-refractivity contribution in [3.8, 4) is 0 Å². The van der Waals surface area contributed by atoms with Crippen LogP contribution in [0.2, 0.25) is 0 Å². The maximum atomic E-state index is 12.2. The van der Waals surface area contributed by atoms with Gasteiger partial charge in [-0.2, -0.15) is 0 Å². The lowest BCUT2D eigenvalue weighted by molar-refractivity contribution is 0.0916. The van der Waals surface area contributed by atoms with E-state index in [-0.39, 0.29) is 17.5 Å². The van der Waals surface area contributed by atoms with Crippen molar-refractivity contribution in [2.24, 2.45) is 11.8 Å². The van der Waals surface area contributed by atoms with Crippen molar-refractivity contribution in [3.63, 3.8) is 0 Å². The Kier molecular flexibility index (Phi) is 4.48. The number of sulfonamides is 1. The third-order valence-corrected chi connectivity index (χ3v) is 5.15. The average Bonchev–Trinajstić information content (AvgIpc) is 3.21.